The second-order valence-corrected chi connectivity index (χ2v) is 13.0. The average Bonchev–Trinajstić information content (AvgIpc) is 3.21. The highest BCUT2D eigenvalue weighted by atomic mass is 32.2. The summed E-state index contributed by atoms with van der Waals surface area (Å²) in [6.45, 7) is 11.0. The molecule has 8 atom stereocenters. The maximum absolute atomic E-state index is 13.2. The van der Waals surface area contributed by atoms with E-state index >= 15 is 0 Å². The largest absolute Gasteiger partial charge is 0.467 e. The number of carbonyl (C=O) groups excluding carboxylic acids is 4. The van der Waals surface area contributed by atoms with Gasteiger partial charge in [-0.1, -0.05) is 20.8 Å². The number of hydrogen-bond acceptors (Lipinski definition) is 9. The van der Waals surface area contributed by atoms with E-state index in [1.165, 1.54) is 18.9 Å². The highest BCUT2D eigenvalue weighted by molar-refractivity contribution is 8.00. The number of rotatable bonds is 9. The van der Waals surface area contributed by atoms with E-state index in [2.05, 4.69) is 12.2 Å². The quantitative estimate of drug-likeness (QED) is 0.343. The van der Waals surface area contributed by atoms with Crippen LogP contribution in [0.4, 0.5) is 0 Å². The summed E-state index contributed by atoms with van der Waals surface area (Å²) in [6.07, 6.45) is 1.71. The number of hydrogen-bond donors (Lipinski definition) is 2. The fourth-order valence-corrected chi connectivity index (χ4v) is 7.55. The van der Waals surface area contributed by atoms with Crippen molar-refractivity contribution in [1.29, 1.82) is 0 Å². The Balaban J connectivity index is 1.70. The Hall–Kier alpha value is -1.81. The number of ether oxygens (including phenoxy) is 3. The summed E-state index contributed by atoms with van der Waals surface area (Å²) in [5, 5.41) is 14.0. The van der Waals surface area contributed by atoms with Crippen LogP contribution in [-0.2, 0) is 33.4 Å². The van der Waals surface area contributed by atoms with Crippen LogP contribution in [0.5, 0.6) is 0 Å². The summed E-state index contributed by atoms with van der Waals surface area (Å²) in [4.78, 5) is 50.9. The van der Waals surface area contributed by atoms with Crippen molar-refractivity contribution in [2.24, 2.45) is 29.6 Å². The molecule has 204 valence electrons. The summed E-state index contributed by atoms with van der Waals surface area (Å²) in [5.74, 6) is -3.09. The summed E-state index contributed by atoms with van der Waals surface area (Å²) in [5.41, 5.74) is -1.83. The second kappa shape index (κ2) is 10.9. The van der Waals surface area contributed by atoms with Crippen molar-refractivity contribution in [1.82, 2.24) is 5.32 Å². The minimum absolute atomic E-state index is 0.0292. The topological polar surface area (TPSA) is 128 Å². The maximum atomic E-state index is 13.2. The van der Waals surface area contributed by atoms with E-state index < -0.39 is 53.0 Å². The Labute approximate surface area is 217 Å². The van der Waals surface area contributed by atoms with Crippen LogP contribution in [0, 0.1) is 29.6 Å². The molecule has 1 heterocycles. The van der Waals surface area contributed by atoms with Gasteiger partial charge in [0.15, 0.2) is 0 Å². The van der Waals surface area contributed by atoms with Gasteiger partial charge in [0.1, 0.15) is 29.3 Å². The maximum Gasteiger partial charge on any atom is 0.329 e. The Morgan fingerprint density at radius 3 is 2.50 bits per heavy atom. The highest BCUT2D eigenvalue weighted by Crippen LogP contribution is 2.58. The van der Waals surface area contributed by atoms with E-state index in [1.807, 2.05) is 13.8 Å². The zero-order valence-corrected chi connectivity index (χ0v) is 23.2. The normalized spacial score (nSPS) is 32.9. The van der Waals surface area contributed by atoms with Gasteiger partial charge in [0.05, 0.1) is 19.4 Å². The molecule has 1 unspecified atom stereocenters. The van der Waals surface area contributed by atoms with Crippen molar-refractivity contribution in [3.63, 3.8) is 0 Å². The zero-order valence-electron chi connectivity index (χ0n) is 22.4. The number of nitrogens with one attached hydrogen (secondary N) is 1. The van der Waals surface area contributed by atoms with Crippen molar-refractivity contribution in [2.75, 3.05) is 12.9 Å². The number of carbonyl (C=O) groups is 4. The molecule has 10 heteroatoms. The Morgan fingerprint density at radius 2 is 1.92 bits per heavy atom. The lowest BCUT2D eigenvalue weighted by molar-refractivity contribution is -0.158. The Kier molecular flexibility index (Phi) is 8.70. The molecule has 0 spiro atoms. The van der Waals surface area contributed by atoms with Crippen LogP contribution >= 0.6 is 11.8 Å². The number of amides is 1. The van der Waals surface area contributed by atoms with E-state index in [-0.39, 0.29) is 41.1 Å². The SMILES string of the molecule is COC(=O)[C@H](CS[C@H]1C2C(=O)O[C@@H]3CC[C@H](C[C@@H]1C)[C@]23O)NC(=O)[C@@H](CC(=O)OC(C)(C)C)C(C)C. The van der Waals surface area contributed by atoms with E-state index in [9.17, 15) is 24.3 Å². The number of aliphatic hydroxyl groups is 1. The molecule has 1 amide bonds. The van der Waals surface area contributed by atoms with Crippen LogP contribution in [0.2, 0.25) is 0 Å². The molecule has 9 nitrogen and oxygen atoms in total. The van der Waals surface area contributed by atoms with Gasteiger partial charge in [-0.05, 0) is 57.8 Å². The molecule has 0 aromatic rings. The molecule has 2 N–H and O–H groups in total. The molecule has 2 aliphatic carbocycles. The lowest BCUT2D eigenvalue weighted by Crippen LogP contribution is -2.56. The molecule has 0 bridgehead atoms. The summed E-state index contributed by atoms with van der Waals surface area (Å²) >= 11 is 1.38. The average molecular weight is 528 g/mol. The highest BCUT2D eigenvalue weighted by Gasteiger charge is 2.68. The van der Waals surface area contributed by atoms with E-state index in [1.54, 1.807) is 20.8 Å². The first-order valence-corrected chi connectivity index (χ1v) is 13.9. The first kappa shape index (κ1) is 28.8. The lowest BCUT2D eigenvalue weighted by atomic mass is 9.66. The van der Waals surface area contributed by atoms with Crippen LogP contribution in [0.25, 0.3) is 0 Å². The Morgan fingerprint density at radius 1 is 1.25 bits per heavy atom. The fourth-order valence-electron chi connectivity index (χ4n) is 5.95. The van der Waals surface area contributed by atoms with Gasteiger partial charge >= 0.3 is 17.9 Å². The molecular formula is C26H41NO8S. The molecule has 1 saturated heterocycles. The van der Waals surface area contributed by atoms with Crippen LogP contribution in [0.1, 0.15) is 67.2 Å². The molecule has 0 radical (unpaired) electrons. The van der Waals surface area contributed by atoms with Gasteiger partial charge in [0, 0.05) is 11.0 Å². The molecular weight excluding hydrogens is 486 g/mol. The molecule has 1 aliphatic heterocycles. The fraction of sp³-hybridized carbons (Fsp3) is 0.846. The standard InChI is InChI=1S/C26H41NO8S/c1-13(2)16(11-19(28)35-25(4,5)6)22(29)27-17(23(30)33-7)12-36-21-14(3)10-15-8-9-18-26(15,32)20(21)24(31)34-18/h13-18,20-21,32H,8-12H2,1-7H3,(H,27,29)/t14-,15+,16-,17-,18+,20?,21+,26+/m0/s1. The van der Waals surface area contributed by atoms with E-state index in [4.69, 9.17) is 14.2 Å². The van der Waals surface area contributed by atoms with Gasteiger partial charge in [-0.15, -0.1) is 0 Å². The zero-order chi connectivity index (χ0) is 27.0. The van der Waals surface area contributed by atoms with Crippen LogP contribution in [0.3, 0.4) is 0 Å². The van der Waals surface area contributed by atoms with Gasteiger partial charge in [0.2, 0.25) is 5.91 Å². The van der Waals surface area contributed by atoms with Crippen LogP contribution < -0.4 is 5.32 Å². The summed E-state index contributed by atoms with van der Waals surface area (Å²) in [7, 11) is 1.25. The van der Waals surface area contributed by atoms with Crippen molar-refractivity contribution in [3.8, 4) is 0 Å². The summed E-state index contributed by atoms with van der Waals surface area (Å²) in [6, 6.07) is -0.969. The van der Waals surface area contributed by atoms with Crippen LogP contribution in [-0.4, -0.2) is 70.4 Å². The third kappa shape index (κ3) is 5.85. The molecule has 2 saturated carbocycles. The predicted octanol–water partition coefficient (Wildman–Crippen LogP) is 2.47. The van der Waals surface area contributed by atoms with Gasteiger partial charge in [0.25, 0.3) is 0 Å². The molecule has 3 rings (SSSR count). The number of thioether (sulfide) groups is 1. The van der Waals surface area contributed by atoms with Crippen molar-refractivity contribution < 1.29 is 38.5 Å². The van der Waals surface area contributed by atoms with Gasteiger partial charge in [-0.25, -0.2) is 4.79 Å². The van der Waals surface area contributed by atoms with Crippen molar-refractivity contribution in [2.45, 2.75) is 95.8 Å². The molecule has 3 aliphatic rings. The van der Waals surface area contributed by atoms with Gasteiger partial charge in [-0.3, -0.25) is 14.4 Å². The molecule has 0 aromatic heterocycles. The predicted molar refractivity (Wildman–Crippen MR) is 134 cm³/mol. The molecule has 0 aromatic carbocycles. The smallest absolute Gasteiger partial charge is 0.329 e. The lowest BCUT2D eigenvalue weighted by Gasteiger charge is -2.44. The van der Waals surface area contributed by atoms with E-state index in [0.717, 1.165) is 12.8 Å². The van der Waals surface area contributed by atoms with Gasteiger partial charge < -0.3 is 24.6 Å². The summed E-state index contributed by atoms with van der Waals surface area (Å²) < 4.78 is 15.9. The number of esters is 3. The third-order valence-electron chi connectivity index (χ3n) is 7.71. The first-order valence-electron chi connectivity index (χ1n) is 12.8. The number of methoxy groups -OCH3 is 1. The minimum Gasteiger partial charge on any atom is -0.467 e. The van der Waals surface area contributed by atoms with Crippen molar-refractivity contribution in [3.05, 3.63) is 0 Å². The second-order valence-electron chi connectivity index (χ2n) is 11.8. The van der Waals surface area contributed by atoms with Crippen molar-refractivity contribution >= 4 is 35.6 Å². The van der Waals surface area contributed by atoms with Crippen LogP contribution in [0.15, 0.2) is 0 Å². The third-order valence-corrected chi connectivity index (χ3v) is 9.36. The molecule has 36 heavy (non-hydrogen) atoms. The van der Waals surface area contributed by atoms with E-state index in [0.29, 0.717) is 6.42 Å². The molecule has 3 fully saturated rings. The monoisotopic (exact) mass is 527 g/mol. The van der Waals surface area contributed by atoms with Gasteiger partial charge in [-0.2, -0.15) is 11.8 Å². The Bertz CT molecular complexity index is 870. The minimum atomic E-state index is -1.17. The first-order chi connectivity index (χ1) is 16.7.